The molecule has 3 saturated carbocycles. The Labute approximate surface area is 154 Å². The number of benzene rings is 2. The highest BCUT2D eigenvalue weighted by Gasteiger charge is 2.60. The number of nitrogens with two attached hydrogens (primary N) is 1. The Bertz CT molecular complexity index is 906. The van der Waals surface area contributed by atoms with Gasteiger partial charge in [0.15, 0.2) is 0 Å². The van der Waals surface area contributed by atoms with Crippen molar-refractivity contribution >= 4 is 11.6 Å². The fraction of sp³-hybridized carbons (Fsp3) is 0.435. The molecule has 1 aliphatic heterocycles. The van der Waals surface area contributed by atoms with Gasteiger partial charge in [-0.05, 0) is 72.1 Å². The number of primary amides is 1. The Kier molecular flexibility index (Phi) is 2.92. The number of hydrogen-bond acceptors (Lipinski definition) is 2. The van der Waals surface area contributed by atoms with Crippen molar-refractivity contribution < 1.29 is 4.79 Å². The van der Waals surface area contributed by atoms with Crippen LogP contribution in [0, 0.1) is 23.7 Å². The summed E-state index contributed by atoms with van der Waals surface area (Å²) in [5.41, 5.74) is 11.3. The number of amides is 1. The number of rotatable bonds is 2. The second-order valence-electron chi connectivity index (χ2n) is 8.69. The highest BCUT2D eigenvalue weighted by atomic mass is 16.1. The Balaban J connectivity index is 1.56. The molecule has 3 heteroatoms. The Hall–Kier alpha value is -2.29. The summed E-state index contributed by atoms with van der Waals surface area (Å²) >= 11 is 0. The lowest BCUT2D eigenvalue weighted by Gasteiger charge is -2.60. The van der Waals surface area contributed by atoms with Crippen LogP contribution in [0.5, 0.6) is 0 Å². The van der Waals surface area contributed by atoms with Crippen LogP contribution >= 0.6 is 0 Å². The van der Waals surface area contributed by atoms with Crippen LogP contribution in [0.4, 0.5) is 5.69 Å². The van der Waals surface area contributed by atoms with Crippen molar-refractivity contribution in [3.05, 3.63) is 53.6 Å². The SMILES string of the molecule is NC(=O)c1ccc(-c2ccccc2)c2c1NC1C3CCC3C3CCC3C21. The van der Waals surface area contributed by atoms with Crippen molar-refractivity contribution in [3.8, 4) is 11.1 Å². The van der Waals surface area contributed by atoms with Crippen molar-refractivity contribution in [1.29, 1.82) is 0 Å². The van der Waals surface area contributed by atoms with E-state index in [9.17, 15) is 4.79 Å². The molecule has 26 heavy (non-hydrogen) atoms. The van der Waals surface area contributed by atoms with Crippen molar-refractivity contribution in [3.63, 3.8) is 0 Å². The molecule has 3 N–H and O–H groups in total. The van der Waals surface area contributed by atoms with Crippen LogP contribution in [-0.2, 0) is 0 Å². The summed E-state index contributed by atoms with van der Waals surface area (Å²) < 4.78 is 0. The van der Waals surface area contributed by atoms with Gasteiger partial charge in [-0.1, -0.05) is 36.4 Å². The zero-order chi connectivity index (χ0) is 17.4. The summed E-state index contributed by atoms with van der Waals surface area (Å²) in [7, 11) is 0. The first-order valence-electron chi connectivity index (χ1n) is 10.0. The maximum Gasteiger partial charge on any atom is 0.250 e. The lowest BCUT2D eigenvalue weighted by molar-refractivity contribution is -0.0656. The fourth-order valence-electron chi connectivity index (χ4n) is 6.54. The molecule has 1 heterocycles. The lowest BCUT2D eigenvalue weighted by atomic mass is 9.45. The zero-order valence-corrected chi connectivity index (χ0v) is 14.8. The Morgan fingerprint density at radius 2 is 1.58 bits per heavy atom. The summed E-state index contributed by atoms with van der Waals surface area (Å²) in [5.74, 6) is 3.60. The number of nitrogens with one attached hydrogen (secondary N) is 1. The van der Waals surface area contributed by atoms with E-state index in [4.69, 9.17) is 5.73 Å². The van der Waals surface area contributed by atoms with Crippen LogP contribution < -0.4 is 11.1 Å². The molecule has 2 aromatic rings. The monoisotopic (exact) mass is 344 g/mol. The van der Waals surface area contributed by atoms with Crippen LogP contribution in [0.1, 0.15) is 47.5 Å². The fourth-order valence-corrected chi connectivity index (χ4v) is 6.54. The first-order valence-corrected chi connectivity index (χ1v) is 10.0. The summed E-state index contributed by atoms with van der Waals surface area (Å²) in [6, 6.07) is 15.2. The third-order valence-electron chi connectivity index (χ3n) is 7.87. The average Bonchev–Trinajstić information content (AvgIpc) is 2.96. The van der Waals surface area contributed by atoms with Gasteiger partial charge in [-0.3, -0.25) is 4.79 Å². The molecule has 6 rings (SSSR count). The van der Waals surface area contributed by atoms with E-state index in [1.54, 1.807) is 0 Å². The molecule has 0 saturated heterocycles. The molecule has 0 bridgehead atoms. The van der Waals surface area contributed by atoms with Gasteiger partial charge >= 0.3 is 0 Å². The Morgan fingerprint density at radius 3 is 2.23 bits per heavy atom. The van der Waals surface area contributed by atoms with E-state index in [1.165, 1.54) is 42.4 Å². The quantitative estimate of drug-likeness (QED) is 0.848. The standard InChI is InChI=1S/C23H24N2O/c24-23(26)18-11-6-13(12-4-2-1-3-5-12)19-20-16-9-7-14(16)15-8-10-17(15)21(20)25-22(18)19/h1-6,11,14-17,20-21,25H,7-10H2,(H2,24,26). The molecule has 1 amide bonds. The predicted molar refractivity (Wildman–Crippen MR) is 103 cm³/mol. The molecule has 0 radical (unpaired) electrons. The minimum atomic E-state index is -0.317. The minimum absolute atomic E-state index is 0.317. The topological polar surface area (TPSA) is 55.1 Å². The molecular formula is C23H24N2O. The summed E-state index contributed by atoms with van der Waals surface area (Å²) in [4.78, 5) is 12.1. The number of carbonyl (C=O) groups is 1. The molecule has 4 aliphatic rings. The van der Waals surface area contributed by atoms with Gasteiger partial charge in [0.1, 0.15) is 0 Å². The van der Waals surface area contributed by atoms with Crippen LogP contribution in [0.25, 0.3) is 11.1 Å². The third-order valence-corrected chi connectivity index (χ3v) is 7.87. The molecule has 6 atom stereocenters. The molecule has 0 spiro atoms. The van der Waals surface area contributed by atoms with E-state index in [-0.39, 0.29) is 5.91 Å². The average molecular weight is 344 g/mol. The molecule has 6 unspecified atom stereocenters. The van der Waals surface area contributed by atoms with Crippen LogP contribution in [0.2, 0.25) is 0 Å². The van der Waals surface area contributed by atoms with Gasteiger partial charge in [0.25, 0.3) is 5.91 Å². The number of anilines is 1. The third kappa shape index (κ3) is 1.76. The molecule has 3 nitrogen and oxygen atoms in total. The van der Waals surface area contributed by atoms with E-state index < -0.39 is 0 Å². The molecule has 3 fully saturated rings. The van der Waals surface area contributed by atoms with Crippen molar-refractivity contribution in [2.24, 2.45) is 29.4 Å². The highest BCUT2D eigenvalue weighted by Crippen LogP contribution is 2.66. The van der Waals surface area contributed by atoms with Gasteiger partial charge in [0.05, 0.1) is 11.3 Å². The molecule has 2 aromatic carbocycles. The zero-order valence-electron chi connectivity index (χ0n) is 14.8. The van der Waals surface area contributed by atoms with Gasteiger partial charge in [0.2, 0.25) is 0 Å². The highest BCUT2D eigenvalue weighted by molar-refractivity contribution is 6.01. The van der Waals surface area contributed by atoms with Gasteiger partial charge in [-0.25, -0.2) is 0 Å². The summed E-state index contributed by atoms with van der Waals surface area (Å²) in [6.07, 6.45) is 5.48. The molecule has 3 aliphatic carbocycles. The number of fused-ring (bicyclic) bond motifs is 8. The number of carbonyl (C=O) groups excluding carboxylic acids is 1. The van der Waals surface area contributed by atoms with E-state index in [1.807, 2.05) is 6.07 Å². The maximum absolute atomic E-state index is 12.1. The first-order chi connectivity index (χ1) is 12.7. The smallest absolute Gasteiger partial charge is 0.250 e. The summed E-state index contributed by atoms with van der Waals surface area (Å²) in [6.45, 7) is 0. The molecular weight excluding hydrogens is 320 g/mol. The minimum Gasteiger partial charge on any atom is -0.380 e. The van der Waals surface area contributed by atoms with Crippen LogP contribution in [0.15, 0.2) is 42.5 Å². The van der Waals surface area contributed by atoms with Gasteiger partial charge < -0.3 is 11.1 Å². The first kappa shape index (κ1) is 14.8. The van der Waals surface area contributed by atoms with Crippen LogP contribution in [-0.4, -0.2) is 11.9 Å². The Morgan fingerprint density at radius 1 is 0.885 bits per heavy atom. The number of hydrogen-bond donors (Lipinski definition) is 2. The van der Waals surface area contributed by atoms with Crippen molar-refractivity contribution in [2.75, 3.05) is 5.32 Å². The van der Waals surface area contributed by atoms with Crippen LogP contribution in [0.3, 0.4) is 0 Å². The van der Waals surface area contributed by atoms with Gasteiger partial charge in [-0.2, -0.15) is 0 Å². The largest absolute Gasteiger partial charge is 0.380 e. The van der Waals surface area contributed by atoms with Crippen molar-refractivity contribution in [2.45, 2.75) is 37.6 Å². The lowest BCUT2D eigenvalue weighted by Crippen LogP contribution is -2.56. The van der Waals surface area contributed by atoms with E-state index >= 15 is 0 Å². The normalized spacial score (nSPS) is 35.7. The second-order valence-corrected chi connectivity index (χ2v) is 8.69. The van der Waals surface area contributed by atoms with Gasteiger partial charge in [-0.15, -0.1) is 0 Å². The molecule has 132 valence electrons. The molecule has 0 aromatic heterocycles. The predicted octanol–water partition coefficient (Wildman–Crippen LogP) is 4.40. The van der Waals surface area contributed by atoms with Crippen molar-refractivity contribution in [1.82, 2.24) is 0 Å². The van der Waals surface area contributed by atoms with E-state index in [0.29, 0.717) is 17.5 Å². The van der Waals surface area contributed by atoms with E-state index in [0.717, 1.165) is 29.4 Å². The summed E-state index contributed by atoms with van der Waals surface area (Å²) in [5, 5.41) is 3.81. The maximum atomic E-state index is 12.1. The van der Waals surface area contributed by atoms with Gasteiger partial charge in [0, 0.05) is 12.0 Å². The second kappa shape index (κ2) is 5.12. The van der Waals surface area contributed by atoms with E-state index in [2.05, 4.69) is 41.7 Å².